The van der Waals surface area contributed by atoms with Crippen LogP contribution in [-0.4, -0.2) is 5.91 Å². The number of carbonyl (C=O) groups is 1. The van der Waals surface area contributed by atoms with Gasteiger partial charge in [-0.3, -0.25) is 4.79 Å². The summed E-state index contributed by atoms with van der Waals surface area (Å²) in [5, 5.41) is 3.52. The second-order valence-corrected chi connectivity index (χ2v) is 6.22. The molecule has 1 aromatic heterocycles. The fourth-order valence-electron chi connectivity index (χ4n) is 2.32. The van der Waals surface area contributed by atoms with Crippen LogP contribution in [0.25, 0.3) is 0 Å². The van der Waals surface area contributed by atoms with Gasteiger partial charge >= 0.3 is 0 Å². The van der Waals surface area contributed by atoms with Crippen molar-refractivity contribution in [1.82, 2.24) is 0 Å². The lowest BCUT2D eigenvalue weighted by Crippen LogP contribution is -2.12. The van der Waals surface area contributed by atoms with Gasteiger partial charge in [-0.05, 0) is 67.4 Å². The number of halogens is 1. The summed E-state index contributed by atoms with van der Waals surface area (Å²) < 4.78 is 11.2. The molecule has 0 aliphatic carbocycles. The number of carbonyl (C=O) groups excluding carboxylic acids is 1. The van der Waals surface area contributed by atoms with Crippen molar-refractivity contribution in [3.05, 3.63) is 82.3 Å². The zero-order chi connectivity index (χ0) is 17.8. The Labute approximate surface area is 151 Å². The van der Waals surface area contributed by atoms with E-state index < -0.39 is 0 Å². The van der Waals surface area contributed by atoms with E-state index >= 15 is 0 Å². The molecule has 0 fully saturated rings. The molecule has 5 heteroatoms. The fraction of sp³-hybridized carbons (Fsp3) is 0.150. The molecule has 0 atom stereocenters. The van der Waals surface area contributed by atoms with E-state index in [-0.39, 0.29) is 18.3 Å². The zero-order valence-electron chi connectivity index (χ0n) is 14.0. The summed E-state index contributed by atoms with van der Waals surface area (Å²) in [5.41, 5.74) is 2.86. The van der Waals surface area contributed by atoms with Crippen molar-refractivity contribution in [3.8, 4) is 5.75 Å². The van der Waals surface area contributed by atoms with Crippen molar-refractivity contribution < 1.29 is 13.9 Å². The number of amides is 1. The monoisotopic (exact) mass is 355 g/mol. The van der Waals surface area contributed by atoms with Crippen molar-refractivity contribution in [2.75, 3.05) is 5.32 Å². The highest BCUT2D eigenvalue weighted by atomic mass is 35.5. The predicted molar refractivity (Wildman–Crippen MR) is 98.4 cm³/mol. The van der Waals surface area contributed by atoms with Gasteiger partial charge in [0.1, 0.15) is 18.1 Å². The van der Waals surface area contributed by atoms with Gasteiger partial charge in [0.05, 0.1) is 0 Å². The molecule has 0 bridgehead atoms. The SMILES string of the molecule is Cc1ccc(C)c(NC(=O)c2ccc(COc3ccc(Cl)cc3)o2)c1. The number of benzene rings is 2. The van der Waals surface area contributed by atoms with E-state index in [0.29, 0.717) is 16.5 Å². The van der Waals surface area contributed by atoms with Gasteiger partial charge in [-0.1, -0.05) is 23.7 Å². The molecule has 0 unspecified atom stereocenters. The quantitative estimate of drug-likeness (QED) is 0.668. The van der Waals surface area contributed by atoms with E-state index in [1.807, 2.05) is 32.0 Å². The number of aryl methyl sites for hydroxylation is 2. The Bertz CT molecular complexity index is 884. The highest BCUT2D eigenvalue weighted by Gasteiger charge is 2.13. The lowest BCUT2D eigenvalue weighted by Gasteiger charge is -2.08. The van der Waals surface area contributed by atoms with E-state index in [1.165, 1.54) is 0 Å². The van der Waals surface area contributed by atoms with Crippen LogP contribution in [0.3, 0.4) is 0 Å². The van der Waals surface area contributed by atoms with Crippen LogP contribution in [0.15, 0.2) is 59.0 Å². The topological polar surface area (TPSA) is 51.5 Å². The van der Waals surface area contributed by atoms with E-state index in [1.54, 1.807) is 36.4 Å². The van der Waals surface area contributed by atoms with Crippen molar-refractivity contribution in [3.63, 3.8) is 0 Å². The third kappa shape index (κ3) is 4.43. The molecule has 3 aromatic rings. The highest BCUT2D eigenvalue weighted by molar-refractivity contribution is 6.30. The molecular weight excluding hydrogens is 338 g/mol. The minimum Gasteiger partial charge on any atom is -0.486 e. The number of rotatable bonds is 5. The second kappa shape index (κ2) is 7.45. The summed E-state index contributed by atoms with van der Waals surface area (Å²) >= 11 is 5.84. The van der Waals surface area contributed by atoms with Gasteiger partial charge < -0.3 is 14.5 Å². The molecule has 3 rings (SSSR count). The largest absolute Gasteiger partial charge is 0.486 e. The van der Waals surface area contributed by atoms with E-state index in [4.69, 9.17) is 20.8 Å². The molecule has 0 aliphatic heterocycles. The summed E-state index contributed by atoms with van der Waals surface area (Å²) in [6.07, 6.45) is 0. The average molecular weight is 356 g/mol. The first-order valence-corrected chi connectivity index (χ1v) is 8.25. The van der Waals surface area contributed by atoms with Crippen LogP contribution in [0.5, 0.6) is 5.75 Å². The van der Waals surface area contributed by atoms with Gasteiger partial charge in [0.15, 0.2) is 5.76 Å². The molecule has 1 N–H and O–H groups in total. The number of furan rings is 1. The summed E-state index contributed by atoms with van der Waals surface area (Å²) in [6.45, 7) is 4.16. The number of ether oxygens (including phenoxy) is 1. The number of nitrogens with one attached hydrogen (secondary N) is 1. The Morgan fingerprint density at radius 2 is 1.84 bits per heavy atom. The third-order valence-electron chi connectivity index (χ3n) is 3.72. The first-order valence-electron chi connectivity index (χ1n) is 7.87. The smallest absolute Gasteiger partial charge is 0.291 e. The predicted octanol–water partition coefficient (Wildman–Crippen LogP) is 5.38. The Morgan fingerprint density at radius 3 is 2.60 bits per heavy atom. The van der Waals surface area contributed by atoms with Crippen molar-refractivity contribution in [2.24, 2.45) is 0 Å². The minimum absolute atomic E-state index is 0.235. The van der Waals surface area contributed by atoms with Crippen LogP contribution in [-0.2, 0) is 6.61 Å². The van der Waals surface area contributed by atoms with Gasteiger partial charge in [-0.25, -0.2) is 0 Å². The van der Waals surface area contributed by atoms with Crippen molar-refractivity contribution >= 4 is 23.2 Å². The summed E-state index contributed by atoms with van der Waals surface area (Å²) in [4.78, 5) is 12.3. The maximum Gasteiger partial charge on any atom is 0.291 e. The highest BCUT2D eigenvalue weighted by Crippen LogP contribution is 2.20. The molecule has 1 amide bonds. The summed E-state index contributed by atoms with van der Waals surface area (Å²) in [5.74, 6) is 1.21. The Morgan fingerprint density at radius 1 is 1.08 bits per heavy atom. The van der Waals surface area contributed by atoms with E-state index in [9.17, 15) is 4.79 Å². The molecule has 0 saturated heterocycles. The number of hydrogen-bond donors (Lipinski definition) is 1. The molecule has 25 heavy (non-hydrogen) atoms. The standard InChI is InChI=1S/C20H18ClNO3/c1-13-3-4-14(2)18(11-13)22-20(23)19-10-9-17(25-19)12-24-16-7-5-15(21)6-8-16/h3-11H,12H2,1-2H3,(H,22,23). The van der Waals surface area contributed by atoms with E-state index in [0.717, 1.165) is 16.8 Å². The van der Waals surface area contributed by atoms with Crippen molar-refractivity contribution in [2.45, 2.75) is 20.5 Å². The lowest BCUT2D eigenvalue weighted by atomic mass is 10.1. The molecular formula is C20H18ClNO3. The van der Waals surface area contributed by atoms with Crippen LogP contribution >= 0.6 is 11.6 Å². The molecule has 128 valence electrons. The Balaban J connectivity index is 1.63. The van der Waals surface area contributed by atoms with Crippen LogP contribution in [0, 0.1) is 13.8 Å². The number of hydrogen-bond acceptors (Lipinski definition) is 3. The van der Waals surface area contributed by atoms with Gasteiger partial charge in [0.2, 0.25) is 0 Å². The van der Waals surface area contributed by atoms with Gasteiger partial charge in [0.25, 0.3) is 5.91 Å². The maximum atomic E-state index is 12.3. The fourth-order valence-corrected chi connectivity index (χ4v) is 2.44. The number of anilines is 1. The molecule has 4 nitrogen and oxygen atoms in total. The first kappa shape index (κ1) is 17.1. The maximum absolute atomic E-state index is 12.3. The summed E-state index contributed by atoms with van der Waals surface area (Å²) in [6, 6.07) is 16.3. The third-order valence-corrected chi connectivity index (χ3v) is 3.97. The molecule has 0 aliphatic rings. The van der Waals surface area contributed by atoms with Gasteiger partial charge in [-0.15, -0.1) is 0 Å². The molecule has 2 aromatic carbocycles. The zero-order valence-corrected chi connectivity index (χ0v) is 14.8. The Hall–Kier alpha value is -2.72. The average Bonchev–Trinajstić information content (AvgIpc) is 3.07. The molecule has 0 radical (unpaired) electrons. The van der Waals surface area contributed by atoms with Crippen LogP contribution < -0.4 is 10.1 Å². The van der Waals surface area contributed by atoms with Crippen LogP contribution in [0.1, 0.15) is 27.4 Å². The van der Waals surface area contributed by atoms with Crippen LogP contribution in [0.4, 0.5) is 5.69 Å². The normalized spacial score (nSPS) is 10.5. The van der Waals surface area contributed by atoms with Crippen LogP contribution in [0.2, 0.25) is 5.02 Å². The molecule has 0 spiro atoms. The van der Waals surface area contributed by atoms with Gasteiger partial charge in [0, 0.05) is 10.7 Å². The van der Waals surface area contributed by atoms with Crippen molar-refractivity contribution in [1.29, 1.82) is 0 Å². The second-order valence-electron chi connectivity index (χ2n) is 5.78. The first-order chi connectivity index (χ1) is 12.0. The lowest BCUT2D eigenvalue weighted by molar-refractivity contribution is 0.0992. The van der Waals surface area contributed by atoms with Gasteiger partial charge in [-0.2, -0.15) is 0 Å². The minimum atomic E-state index is -0.286. The van der Waals surface area contributed by atoms with E-state index in [2.05, 4.69) is 5.32 Å². The molecule has 0 saturated carbocycles. The molecule has 1 heterocycles. The Kier molecular flexibility index (Phi) is 5.10. The summed E-state index contributed by atoms with van der Waals surface area (Å²) in [7, 11) is 0.